The van der Waals surface area contributed by atoms with Crippen LogP contribution in [0.2, 0.25) is 0 Å². The Morgan fingerprint density at radius 2 is 2.06 bits per heavy atom. The highest BCUT2D eigenvalue weighted by atomic mass is 127. The van der Waals surface area contributed by atoms with Crippen molar-refractivity contribution < 1.29 is 0 Å². The van der Waals surface area contributed by atoms with Crippen molar-refractivity contribution >= 4 is 22.6 Å². The molecule has 94 valence electrons. The molecule has 7 heteroatoms. The highest BCUT2D eigenvalue weighted by Crippen LogP contribution is 2.34. The van der Waals surface area contributed by atoms with Crippen LogP contribution >= 0.6 is 22.6 Å². The fourth-order valence-electron chi connectivity index (χ4n) is 2.38. The van der Waals surface area contributed by atoms with E-state index >= 15 is 0 Å². The third kappa shape index (κ3) is 2.06. The van der Waals surface area contributed by atoms with Gasteiger partial charge in [0, 0.05) is 5.92 Å². The van der Waals surface area contributed by atoms with Crippen LogP contribution in [0.15, 0.2) is 11.1 Å². The number of aromatic nitrogens is 5. The number of rotatable bonds is 2. The molecular weight excluding hydrogens is 345 g/mol. The topological polar surface area (TPSA) is 87.3 Å². The number of aromatic amines is 2. The Labute approximate surface area is 117 Å². The van der Waals surface area contributed by atoms with E-state index < -0.39 is 0 Å². The molecule has 1 aliphatic carbocycles. The lowest BCUT2D eigenvalue weighted by Crippen LogP contribution is -2.18. The Kier molecular flexibility index (Phi) is 3.14. The van der Waals surface area contributed by atoms with Gasteiger partial charge in [-0.2, -0.15) is 5.10 Å². The van der Waals surface area contributed by atoms with Crippen molar-refractivity contribution in [3.63, 3.8) is 0 Å². The average molecular weight is 357 g/mol. The molecule has 0 spiro atoms. The number of hydrogen-bond donors (Lipinski definition) is 2. The Morgan fingerprint density at radius 3 is 2.72 bits per heavy atom. The quantitative estimate of drug-likeness (QED) is 0.803. The maximum Gasteiger partial charge on any atom is 0.264 e. The standard InChI is InChI=1S/C11H12IN5O/c12-7-8(6-3-1-2-4-6)15-10(16-11(7)18)9-13-5-14-17-9/h5-6H,1-4H2,(H,13,14,17)(H,15,16,18). The van der Waals surface area contributed by atoms with Crippen LogP contribution in [-0.2, 0) is 0 Å². The molecule has 0 aliphatic heterocycles. The van der Waals surface area contributed by atoms with Crippen LogP contribution in [-0.4, -0.2) is 25.1 Å². The van der Waals surface area contributed by atoms with Crippen LogP contribution < -0.4 is 5.56 Å². The van der Waals surface area contributed by atoms with Crippen molar-refractivity contribution in [2.75, 3.05) is 0 Å². The molecule has 1 aliphatic rings. The number of H-pyrrole nitrogens is 2. The maximum atomic E-state index is 11.9. The summed E-state index contributed by atoms with van der Waals surface area (Å²) in [5, 5.41) is 6.50. The molecule has 0 amide bonds. The first kappa shape index (κ1) is 11.8. The van der Waals surface area contributed by atoms with Gasteiger partial charge >= 0.3 is 0 Å². The van der Waals surface area contributed by atoms with Gasteiger partial charge in [-0.25, -0.2) is 9.97 Å². The Morgan fingerprint density at radius 1 is 1.28 bits per heavy atom. The average Bonchev–Trinajstić information content (AvgIpc) is 3.03. The molecule has 0 radical (unpaired) electrons. The lowest BCUT2D eigenvalue weighted by molar-refractivity contribution is 0.687. The Bertz CT molecular complexity index is 600. The van der Waals surface area contributed by atoms with E-state index in [2.05, 4.69) is 47.7 Å². The molecule has 0 aromatic carbocycles. The number of halogens is 1. The summed E-state index contributed by atoms with van der Waals surface area (Å²) in [4.78, 5) is 23.3. The third-order valence-corrected chi connectivity index (χ3v) is 4.31. The van der Waals surface area contributed by atoms with Gasteiger partial charge in [0.1, 0.15) is 9.90 Å². The van der Waals surface area contributed by atoms with Crippen molar-refractivity contribution in [2.24, 2.45) is 0 Å². The zero-order valence-corrected chi connectivity index (χ0v) is 11.8. The fourth-order valence-corrected chi connectivity index (χ4v) is 3.07. The van der Waals surface area contributed by atoms with E-state index in [1.165, 1.54) is 19.2 Å². The molecule has 6 nitrogen and oxygen atoms in total. The van der Waals surface area contributed by atoms with Gasteiger partial charge in [0.05, 0.1) is 5.69 Å². The minimum Gasteiger partial charge on any atom is -0.303 e. The molecule has 2 aromatic heterocycles. The predicted octanol–water partition coefficient (Wildman–Crippen LogP) is 1.82. The number of hydrogen-bond acceptors (Lipinski definition) is 4. The van der Waals surface area contributed by atoms with E-state index in [4.69, 9.17) is 0 Å². The molecule has 2 aromatic rings. The zero-order valence-electron chi connectivity index (χ0n) is 9.61. The largest absolute Gasteiger partial charge is 0.303 e. The molecule has 2 N–H and O–H groups in total. The predicted molar refractivity (Wildman–Crippen MR) is 74.2 cm³/mol. The SMILES string of the molecule is O=c1[nH]c(-c2ncn[nH]2)nc(C2CCCC2)c1I. The van der Waals surface area contributed by atoms with Gasteiger partial charge in [-0.3, -0.25) is 9.89 Å². The molecule has 18 heavy (non-hydrogen) atoms. The van der Waals surface area contributed by atoms with Gasteiger partial charge < -0.3 is 4.98 Å². The second-order valence-electron chi connectivity index (χ2n) is 4.43. The second kappa shape index (κ2) is 4.79. The molecule has 0 bridgehead atoms. The third-order valence-electron chi connectivity index (χ3n) is 3.27. The molecule has 2 heterocycles. The van der Waals surface area contributed by atoms with Crippen LogP contribution in [0.3, 0.4) is 0 Å². The van der Waals surface area contributed by atoms with E-state index in [1.54, 1.807) is 0 Å². The molecule has 0 atom stereocenters. The molecule has 3 rings (SSSR count). The van der Waals surface area contributed by atoms with Crippen molar-refractivity contribution in [3.8, 4) is 11.6 Å². The van der Waals surface area contributed by atoms with E-state index in [1.807, 2.05) is 0 Å². The molecule has 0 unspecified atom stereocenters. The van der Waals surface area contributed by atoms with Crippen LogP contribution in [0.1, 0.15) is 37.3 Å². The Balaban J connectivity index is 2.10. The maximum absolute atomic E-state index is 11.9. The first-order valence-electron chi connectivity index (χ1n) is 5.91. The lowest BCUT2D eigenvalue weighted by atomic mass is 10.0. The van der Waals surface area contributed by atoms with E-state index in [0.717, 1.165) is 18.5 Å². The summed E-state index contributed by atoms with van der Waals surface area (Å²) in [6.07, 6.45) is 6.06. The molecule has 1 saturated carbocycles. The minimum absolute atomic E-state index is 0.0982. The van der Waals surface area contributed by atoms with E-state index in [-0.39, 0.29) is 5.56 Å². The van der Waals surface area contributed by atoms with Crippen molar-refractivity contribution in [1.82, 2.24) is 25.1 Å². The lowest BCUT2D eigenvalue weighted by Gasteiger charge is -2.11. The second-order valence-corrected chi connectivity index (χ2v) is 5.51. The Hall–Kier alpha value is -1.25. The van der Waals surface area contributed by atoms with Crippen LogP contribution in [0.5, 0.6) is 0 Å². The summed E-state index contributed by atoms with van der Waals surface area (Å²) in [7, 11) is 0. The summed E-state index contributed by atoms with van der Waals surface area (Å²) in [5.74, 6) is 1.38. The molecule has 1 fully saturated rings. The highest BCUT2D eigenvalue weighted by molar-refractivity contribution is 14.1. The van der Waals surface area contributed by atoms with Crippen LogP contribution in [0, 0.1) is 3.57 Å². The van der Waals surface area contributed by atoms with Gasteiger partial charge in [-0.15, -0.1) is 0 Å². The van der Waals surface area contributed by atoms with E-state index in [0.29, 0.717) is 21.1 Å². The van der Waals surface area contributed by atoms with E-state index in [9.17, 15) is 4.79 Å². The van der Waals surface area contributed by atoms with Crippen molar-refractivity contribution in [1.29, 1.82) is 0 Å². The van der Waals surface area contributed by atoms with Gasteiger partial charge in [-0.05, 0) is 35.4 Å². The summed E-state index contributed by atoms with van der Waals surface area (Å²) >= 11 is 2.08. The van der Waals surface area contributed by atoms with Gasteiger partial charge in [-0.1, -0.05) is 12.8 Å². The minimum atomic E-state index is -0.0982. The fraction of sp³-hybridized carbons (Fsp3) is 0.455. The first-order chi connectivity index (χ1) is 8.75. The summed E-state index contributed by atoms with van der Waals surface area (Å²) in [6, 6.07) is 0. The van der Waals surface area contributed by atoms with Crippen molar-refractivity contribution in [3.05, 3.63) is 25.9 Å². The normalized spacial score (nSPS) is 16.3. The van der Waals surface area contributed by atoms with Crippen molar-refractivity contribution in [2.45, 2.75) is 31.6 Å². The zero-order chi connectivity index (χ0) is 12.5. The number of nitrogens with zero attached hydrogens (tertiary/aromatic N) is 3. The summed E-state index contributed by atoms with van der Waals surface area (Å²) in [6.45, 7) is 0. The van der Waals surface area contributed by atoms with Crippen LogP contribution in [0.4, 0.5) is 0 Å². The van der Waals surface area contributed by atoms with Gasteiger partial charge in [0.2, 0.25) is 0 Å². The first-order valence-corrected chi connectivity index (χ1v) is 6.99. The smallest absolute Gasteiger partial charge is 0.264 e. The highest BCUT2D eigenvalue weighted by Gasteiger charge is 2.23. The van der Waals surface area contributed by atoms with Gasteiger partial charge in [0.15, 0.2) is 11.6 Å². The molecular formula is C11H12IN5O. The summed E-state index contributed by atoms with van der Waals surface area (Å²) < 4.78 is 0.697. The van der Waals surface area contributed by atoms with Crippen LogP contribution in [0.25, 0.3) is 11.6 Å². The molecule has 0 saturated heterocycles. The summed E-state index contributed by atoms with van der Waals surface area (Å²) in [5.41, 5.74) is 0.808. The van der Waals surface area contributed by atoms with Gasteiger partial charge in [0.25, 0.3) is 5.56 Å². The number of nitrogens with one attached hydrogen (secondary N) is 2. The monoisotopic (exact) mass is 357 g/mol.